The van der Waals surface area contributed by atoms with E-state index in [1.807, 2.05) is 0 Å². The molecule has 0 aromatic heterocycles. The van der Waals surface area contributed by atoms with E-state index in [1.165, 1.54) is 4.90 Å². The van der Waals surface area contributed by atoms with Gasteiger partial charge in [-0.3, -0.25) is 29.0 Å². The summed E-state index contributed by atoms with van der Waals surface area (Å²) in [6.45, 7) is -0.907. The van der Waals surface area contributed by atoms with E-state index < -0.39 is 43.0 Å². The zero-order valence-corrected chi connectivity index (χ0v) is 15.0. The minimum atomic E-state index is -1.14. The van der Waals surface area contributed by atoms with Crippen molar-refractivity contribution in [2.24, 2.45) is 0 Å². The van der Waals surface area contributed by atoms with E-state index in [4.69, 9.17) is 15.3 Å². The summed E-state index contributed by atoms with van der Waals surface area (Å²) in [5.74, 6) is -4.37. The van der Waals surface area contributed by atoms with Crippen molar-refractivity contribution in [1.82, 2.24) is 15.1 Å². The highest BCUT2D eigenvalue weighted by atomic mass is 16.4. The lowest BCUT2D eigenvalue weighted by Crippen LogP contribution is -2.57. The molecule has 0 amide bonds. The van der Waals surface area contributed by atoms with Crippen molar-refractivity contribution < 1.29 is 39.6 Å². The van der Waals surface area contributed by atoms with E-state index in [9.17, 15) is 24.3 Å². The summed E-state index contributed by atoms with van der Waals surface area (Å²) in [7, 11) is 0. The molecule has 5 N–H and O–H groups in total. The highest BCUT2D eigenvalue weighted by Gasteiger charge is 2.36. The lowest BCUT2D eigenvalue weighted by Gasteiger charge is -2.43. The zero-order chi connectivity index (χ0) is 20.4. The van der Waals surface area contributed by atoms with Crippen molar-refractivity contribution in [3.05, 3.63) is 0 Å². The van der Waals surface area contributed by atoms with Crippen LogP contribution >= 0.6 is 0 Å². The Kier molecular flexibility index (Phi) is 9.68. The van der Waals surface area contributed by atoms with Crippen LogP contribution in [0.1, 0.15) is 25.7 Å². The topological polar surface area (TPSA) is 168 Å². The van der Waals surface area contributed by atoms with Gasteiger partial charge in [-0.05, 0) is 12.8 Å². The first-order valence-corrected chi connectivity index (χ1v) is 8.76. The van der Waals surface area contributed by atoms with Crippen LogP contribution in [0, 0.1) is 0 Å². The number of rotatable bonds is 13. The average Bonchev–Trinajstić information content (AvgIpc) is 2.55. The predicted octanol–water partition coefficient (Wildman–Crippen LogP) is -1.17. The maximum Gasteiger partial charge on any atom is 0.317 e. The molecule has 0 aromatic rings. The highest BCUT2D eigenvalue weighted by molar-refractivity contribution is 5.72. The molecule has 0 radical (unpaired) electrons. The number of hydrogen-bond donors (Lipinski definition) is 5. The molecule has 0 unspecified atom stereocenters. The molecule has 0 bridgehead atoms. The molecule has 1 saturated carbocycles. The Labute approximate surface area is 156 Å². The Bertz CT molecular complexity index is 526. The second-order valence-electron chi connectivity index (χ2n) is 6.55. The molecule has 1 aliphatic rings. The van der Waals surface area contributed by atoms with E-state index in [-0.39, 0.29) is 32.2 Å². The Morgan fingerprint density at radius 1 is 0.741 bits per heavy atom. The fourth-order valence-electron chi connectivity index (χ4n) is 3.54. The van der Waals surface area contributed by atoms with Crippen LogP contribution in [-0.2, 0) is 19.2 Å². The Hall–Kier alpha value is -2.24. The van der Waals surface area contributed by atoms with Gasteiger partial charge >= 0.3 is 23.9 Å². The molecule has 0 spiro atoms. The van der Waals surface area contributed by atoms with Crippen molar-refractivity contribution in [2.45, 2.75) is 37.8 Å². The summed E-state index contributed by atoms with van der Waals surface area (Å²) in [5, 5.41) is 38.8. The van der Waals surface area contributed by atoms with Gasteiger partial charge in [-0.15, -0.1) is 0 Å². The van der Waals surface area contributed by atoms with Gasteiger partial charge in [-0.2, -0.15) is 0 Å². The molecule has 0 aromatic carbocycles. The van der Waals surface area contributed by atoms with Gasteiger partial charge in [0, 0.05) is 25.2 Å². The van der Waals surface area contributed by atoms with Crippen molar-refractivity contribution in [3.8, 4) is 0 Å². The smallest absolute Gasteiger partial charge is 0.317 e. The summed E-state index contributed by atoms with van der Waals surface area (Å²) in [6, 6.07) is -0.718. The zero-order valence-electron chi connectivity index (χ0n) is 15.0. The van der Waals surface area contributed by atoms with E-state index in [0.717, 1.165) is 12.8 Å². The fourth-order valence-corrected chi connectivity index (χ4v) is 3.54. The van der Waals surface area contributed by atoms with Gasteiger partial charge in [0.05, 0.1) is 26.2 Å². The van der Waals surface area contributed by atoms with Crippen LogP contribution in [0.4, 0.5) is 0 Å². The van der Waals surface area contributed by atoms with Crippen LogP contribution in [0.2, 0.25) is 0 Å². The third-order valence-corrected chi connectivity index (χ3v) is 4.50. The van der Waals surface area contributed by atoms with Crippen molar-refractivity contribution in [3.63, 3.8) is 0 Å². The van der Waals surface area contributed by atoms with Gasteiger partial charge in [0.1, 0.15) is 0 Å². The monoisotopic (exact) mass is 389 g/mol. The van der Waals surface area contributed by atoms with Crippen LogP contribution in [0.5, 0.6) is 0 Å². The van der Waals surface area contributed by atoms with Crippen LogP contribution in [0.25, 0.3) is 0 Å². The highest BCUT2D eigenvalue weighted by Crippen LogP contribution is 2.27. The Morgan fingerprint density at radius 3 is 1.63 bits per heavy atom. The first-order chi connectivity index (χ1) is 12.7. The molecule has 1 fully saturated rings. The Morgan fingerprint density at radius 2 is 1.19 bits per heavy atom. The lowest BCUT2D eigenvalue weighted by molar-refractivity contribution is -0.146. The molecule has 1 rings (SSSR count). The summed E-state index contributed by atoms with van der Waals surface area (Å²) in [6.07, 6.45) is 2.82. The maximum atomic E-state index is 11.3. The van der Waals surface area contributed by atoms with Crippen molar-refractivity contribution >= 4 is 23.9 Å². The van der Waals surface area contributed by atoms with Crippen molar-refractivity contribution in [2.75, 3.05) is 39.3 Å². The fraction of sp³-hybridized carbons (Fsp3) is 0.750. The molecule has 11 nitrogen and oxygen atoms in total. The first kappa shape index (κ1) is 22.8. The van der Waals surface area contributed by atoms with Crippen molar-refractivity contribution in [1.29, 1.82) is 0 Å². The predicted molar refractivity (Wildman–Crippen MR) is 92.6 cm³/mol. The van der Waals surface area contributed by atoms with E-state index in [1.54, 1.807) is 4.90 Å². The largest absolute Gasteiger partial charge is 0.480 e. The summed E-state index contributed by atoms with van der Waals surface area (Å²) < 4.78 is 0. The molecular weight excluding hydrogens is 362 g/mol. The second-order valence-corrected chi connectivity index (χ2v) is 6.55. The molecular formula is C16H27N3O8. The summed E-state index contributed by atoms with van der Waals surface area (Å²) in [5.41, 5.74) is 0. The molecule has 27 heavy (non-hydrogen) atoms. The van der Waals surface area contributed by atoms with Crippen LogP contribution in [0.15, 0.2) is 0 Å². The molecule has 2 atom stereocenters. The number of carboxylic acids is 4. The van der Waals surface area contributed by atoms with Crippen LogP contribution in [0.3, 0.4) is 0 Å². The SMILES string of the molecule is O=C(O)CNCCN(CC(=O)O)[C@H]1CCCC[C@@H]1N(CC(=O)O)CC(=O)O. The lowest BCUT2D eigenvalue weighted by atomic mass is 9.87. The molecule has 0 aliphatic heterocycles. The molecule has 154 valence electrons. The first-order valence-electron chi connectivity index (χ1n) is 8.76. The standard InChI is InChI=1S/C16H27N3O8/c20-13(21)7-17-5-6-18(8-14(22)23)11-3-1-2-4-12(11)19(9-15(24)25)10-16(26)27/h11-12,17H,1-10H2,(H,20,21)(H,22,23)(H,24,25)(H,26,27)/t11-,12-/m0/s1. The number of nitrogens with zero attached hydrogens (tertiary/aromatic N) is 2. The average molecular weight is 389 g/mol. The van der Waals surface area contributed by atoms with Crippen LogP contribution in [-0.4, -0.2) is 105 Å². The Balaban J connectivity index is 2.91. The molecule has 0 heterocycles. The van der Waals surface area contributed by atoms with Gasteiger partial charge in [0.25, 0.3) is 0 Å². The molecule has 0 saturated heterocycles. The van der Waals surface area contributed by atoms with E-state index in [2.05, 4.69) is 5.32 Å². The minimum Gasteiger partial charge on any atom is -0.480 e. The second kappa shape index (κ2) is 11.5. The van der Waals surface area contributed by atoms with Crippen LogP contribution < -0.4 is 5.32 Å². The molecule has 1 aliphatic carbocycles. The third-order valence-electron chi connectivity index (χ3n) is 4.50. The number of aliphatic carboxylic acids is 4. The summed E-state index contributed by atoms with van der Waals surface area (Å²) in [4.78, 5) is 47.2. The van der Waals surface area contributed by atoms with Gasteiger partial charge < -0.3 is 25.7 Å². The van der Waals surface area contributed by atoms with Gasteiger partial charge in [-0.1, -0.05) is 12.8 Å². The van der Waals surface area contributed by atoms with E-state index >= 15 is 0 Å². The number of carboxylic acid groups (broad SMARTS) is 4. The number of carbonyl (C=O) groups is 4. The number of hydrogen-bond acceptors (Lipinski definition) is 7. The van der Waals surface area contributed by atoms with Gasteiger partial charge in [0.2, 0.25) is 0 Å². The minimum absolute atomic E-state index is 0.251. The normalized spacial score (nSPS) is 19.9. The third kappa shape index (κ3) is 8.80. The van der Waals surface area contributed by atoms with Gasteiger partial charge in [0.15, 0.2) is 0 Å². The summed E-state index contributed by atoms with van der Waals surface area (Å²) >= 11 is 0. The maximum absolute atomic E-state index is 11.3. The molecule has 11 heteroatoms. The number of nitrogens with one attached hydrogen (secondary N) is 1. The quantitative estimate of drug-likeness (QED) is 0.241. The van der Waals surface area contributed by atoms with Gasteiger partial charge in [-0.25, -0.2) is 0 Å². The van der Waals surface area contributed by atoms with E-state index in [0.29, 0.717) is 12.8 Å².